The molecule has 1 aromatic rings. The maximum Gasteiger partial charge on any atom is 0.338 e. The second-order valence-electron chi connectivity index (χ2n) is 3.94. The van der Waals surface area contributed by atoms with Gasteiger partial charge in [0, 0.05) is 12.7 Å². The van der Waals surface area contributed by atoms with Crippen LogP contribution >= 0.6 is 0 Å². The number of hydrogen-bond acceptors (Lipinski definition) is 5. The van der Waals surface area contributed by atoms with Crippen molar-refractivity contribution in [3.05, 3.63) is 28.8 Å². The number of ether oxygens (including phenoxy) is 2. The number of hydrogen-bond donors (Lipinski definition) is 2. The lowest BCUT2D eigenvalue weighted by molar-refractivity contribution is -0.142. The van der Waals surface area contributed by atoms with Gasteiger partial charge >= 0.3 is 11.9 Å². The zero-order valence-electron chi connectivity index (χ0n) is 11.1. The van der Waals surface area contributed by atoms with Gasteiger partial charge in [-0.25, -0.2) is 9.59 Å². The molecule has 0 unspecified atom stereocenters. The molecule has 0 spiro atoms. The first-order valence-corrected chi connectivity index (χ1v) is 5.68. The average Bonchev–Trinajstić information content (AvgIpc) is 2.39. The molecule has 0 radical (unpaired) electrons. The molecule has 0 atom stereocenters. The monoisotopic (exact) mass is 267 g/mol. The highest BCUT2D eigenvalue weighted by molar-refractivity contribution is 5.92. The first-order valence-electron chi connectivity index (χ1n) is 5.68. The van der Waals surface area contributed by atoms with Gasteiger partial charge in [-0.2, -0.15) is 0 Å². The Morgan fingerprint density at radius 3 is 2.58 bits per heavy atom. The SMILES string of the molecule is CNc1cc(COCC(=O)O)c(C)c(C(=O)OC)c1. The van der Waals surface area contributed by atoms with E-state index in [2.05, 4.69) is 5.32 Å². The van der Waals surface area contributed by atoms with Crippen LogP contribution in [-0.2, 0) is 20.9 Å². The molecule has 0 fully saturated rings. The van der Waals surface area contributed by atoms with E-state index in [0.29, 0.717) is 5.56 Å². The Balaban J connectivity index is 3.02. The van der Waals surface area contributed by atoms with Gasteiger partial charge in [0.2, 0.25) is 0 Å². The topological polar surface area (TPSA) is 84.9 Å². The van der Waals surface area contributed by atoms with E-state index in [1.807, 2.05) is 6.07 Å². The number of rotatable bonds is 6. The van der Waals surface area contributed by atoms with Gasteiger partial charge in [-0.3, -0.25) is 0 Å². The normalized spacial score (nSPS) is 10.1. The van der Waals surface area contributed by atoms with Gasteiger partial charge in [-0.15, -0.1) is 0 Å². The summed E-state index contributed by atoms with van der Waals surface area (Å²) in [5.41, 5.74) is 2.63. The van der Waals surface area contributed by atoms with E-state index < -0.39 is 11.9 Å². The Labute approximate surface area is 111 Å². The van der Waals surface area contributed by atoms with Crippen molar-refractivity contribution >= 4 is 17.6 Å². The number of methoxy groups -OCH3 is 1. The van der Waals surface area contributed by atoms with E-state index in [0.717, 1.165) is 16.8 Å². The summed E-state index contributed by atoms with van der Waals surface area (Å²) in [7, 11) is 3.04. The zero-order valence-corrected chi connectivity index (χ0v) is 11.1. The van der Waals surface area contributed by atoms with Gasteiger partial charge in [-0.1, -0.05) is 0 Å². The Morgan fingerprint density at radius 1 is 1.37 bits per heavy atom. The number of carboxylic acids is 1. The molecule has 0 saturated carbocycles. The summed E-state index contributed by atoms with van der Waals surface area (Å²) in [4.78, 5) is 22.1. The van der Waals surface area contributed by atoms with Gasteiger partial charge in [0.1, 0.15) is 6.61 Å². The predicted octanol–water partition coefficient (Wildman–Crippen LogP) is 1.42. The van der Waals surface area contributed by atoms with Crippen LogP contribution in [0.1, 0.15) is 21.5 Å². The number of nitrogens with one attached hydrogen (secondary N) is 1. The van der Waals surface area contributed by atoms with Crippen LogP contribution in [0, 0.1) is 6.92 Å². The molecule has 0 aliphatic rings. The highest BCUT2D eigenvalue weighted by atomic mass is 16.5. The molecule has 2 N–H and O–H groups in total. The maximum atomic E-state index is 11.7. The molecule has 6 heteroatoms. The van der Waals surface area contributed by atoms with Gasteiger partial charge in [-0.05, 0) is 30.2 Å². The fraction of sp³-hybridized carbons (Fsp3) is 0.385. The molecule has 1 aromatic carbocycles. The van der Waals surface area contributed by atoms with Gasteiger partial charge in [0.15, 0.2) is 0 Å². The minimum absolute atomic E-state index is 0.123. The third-order valence-electron chi connectivity index (χ3n) is 2.69. The summed E-state index contributed by atoms with van der Waals surface area (Å²) in [5.74, 6) is -1.47. The molecule has 0 aromatic heterocycles. The van der Waals surface area contributed by atoms with Gasteiger partial charge in [0.05, 0.1) is 19.3 Å². The molecule has 0 saturated heterocycles. The van der Waals surface area contributed by atoms with Crippen molar-refractivity contribution in [3.63, 3.8) is 0 Å². The number of aliphatic carboxylic acids is 1. The summed E-state index contributed by atoms with van der Waals surface area (Å²) in [5, 5.41) is 11.5. The quantitative estimate of drug-likeness (QED) is 0.758. The fourth-order valence-corrected chi connectivity index (χ4v) is 1.64. The second kappa shape index (κ2) is 6.75. The van der Waals surface area contributed by atoms with Crippen LogP contribution in [0.5, 0.6) is 0 Å². The number of carbonyl (C=O) groups is 2. The van der Waals surface area contributed by atoms with Crippen molar-refractivity contribution in [1.29, 1.82) is 0 Å². The molecular weight excluding hydrogens is 250 g/mol. The van der Waals surface area contributed by atoms with E-state index in [9.17, 15) is 9.59 Å². The minimum Gasteiger partial charge on any atom is -0.480 e. The first-order chi connectivity index (χ1) is 8.99. The van der Waals surface area contributed by atoms with E-state index in [1.165, 1.54) is 7.11 Å². The van der Waals surface area contributed by atoms with E-state index in [-0.39, 0.29) is 13.2 Å². The van der Waals surface area contributed by atoms with E-state index >= 15 is 0 Å². The number of carbonyl (C=O) groups excluding carboxylic acids is 1. The summed E-state index contributed by atoms with van der Waals surface area (Å²) in [6.45, 7) is 1.51. The highest BCUT2D eigenvalue weighted by Crippen LogP contribution is 2.22. The maximum absolute atomic E-state index is 11.7. The standard InChI is InChI=1S/C13H17NO5/c1-8-9(6-19-7-12(15)16)4-10(14-2)5-11(8)13(17)18-3/h4-5,14H,6-7H2,1-3H3,(H,15,16). The second-order valence-corrected chi connectivity index (χ2v) is 3.94. The Hall–Kier alpha value is -2.08. The number of benzene rings is 1. The van der Waals surface area contributed by atoms with Crippen LogP contribution in [0.2, 0.25) is 0 Å². The smallest absolute Gasteiger partial charge is 0.338 e. The van der Waals surface area contributed by atoms with Crippen molar-refractivity contribution in [1.82, 2.24) is 0 Å². The van der Waals surface area contributed by atoms with E-state index in [4.69, 9.17) is 14.6 Å². The molecule has 0 bridgehead atoms. The summed E-state index contributed by atoms with van der Waals surface area (Å²) in [6, 6.07) is 3.49. The highest BCUT2D eigenvalue weighted by Gasteiger charge is 2.14. The van der Waals surface area contributed by atoms with Crippen LogP contribution in [-0.4, -0.2) is 37.8 Å². The summed E-state index contributed by atoms with van der Waals surface area (Å²) in [6.07, 6.45) is 0. The summed E-state index contributed by atoms with van der Waals surface area (Å²) >= 11 is 0. The van der Waals surface area contributed by atoms with Crippen LogP contribution in [0.25, 0.3) is 0 Å². The number of esters is 1. The van der Waals surface area contributed by atoms with E-state index in [1.54, 1.807) is 20.0 Å². The Morgan fingerprint density at radius 2 is 2.05 bits per heavy atom. The lowest BCUT2D eigenvalue weighted by Gasteiger charge is -2.13. The first kappa shape index (κ1) is 15.0. The van der Waals surface area contributed by atoms with Gasteiger partial charge < -0.3 is 19.9 Å². The fourth-order valence-electron chi connectivity index (χ4n) is 1.64. The molecule has 104 valence electrons. The molecule has 0 amide bonds. The average molecular weight is 267 g/mol. The molecular formula is C13H17NO5. The Bertz CT molecular complexity index is 484. The lowest BCUT2D eigenvalue weighted by atomic mass is 10.0. The molecule has 0 heterocycles. The van der Waals surface area contributed by atoms with Gasteiger partial charge in [0.25, 0.3) is 0 Å². The lowest BCUT2D eigenvalue weighted by Crippen LogP contribution is -2.10. The minimum atomic E-state index is -1.03. The van der Waals surface area contributed by atoms with Crippen LogP contribution in [0.4, 0.5) is 5.69 Å². The van der Waals surface area contributed by atoms with Crippen LogP contribution in [0.15, 0.2) is 12.1 Å². The third-order valence-corrected chi connectivity index (χ3v) is 2.69. The molecule has 0 aliphatic heterocycles. The molecule has 0 aliphatic carbocycles. The molecule has 6 nitrogen and oxygen atoms in total. The number of anilines is 1. The predicted molar refractivity (Wildman–Crippen MR) is 69.4 cm³/mol. The number of carboxylic acid groups (broad SMARTS) is 1. The molecule has 1 rings (SSSR count). The Kier molecular flexibility index (Phi) is 5.32. The third kappa shape index (κ3) is 3.96. The van der Waals surface area contributed by atoms with Crippen molar-refractivity contribution < 1.29 is 24.2 Å². The largest absolute Gasteiger partial charge is 0.480 e. The van der Waals surface area contributed by atoms with Crippen LogP contribution in [0.3, 0.4) is 0 Å². The van der Waals surface area contributed by atoms with Crippen LogP contribution < -0.4 is 5.32 Å². The van der Waals surface area contributed by atoms with Crippen molar-refractivity contribution in [3.8, 4) is 0 Å². The molecule has 19 heavy (non-hydrogen) atoms. The van der Waals surface area contributed by atoms with Crippen molar-refractivity contribution in [2.24, 2.45) is 0 Å². The zero-order chi connectivity index (χ0) is 14.4. The van der Waals surface area contributed by atoms with Crippen molar-refractivity contribution in [2.75, 3.05) is 26.1 Å². The van der Waals surface area contributed by atoms with Crippen molar-refractivity contribution in [2.45, 2.75) is 13.5 Å². The summed E-state index contributed by atoms with van der Waals surface area (Å²) < 4.78 is 9.76.